The monoisotopic (exact) mass is 187 g/mol. The van der Waals surface area contributed by atoms with Gasteiger partial charge < -0.3 is 15.2 Å². The molecule has 1 aliphatic heterocycles. The van der Waals surface area contributed by atoms with E-state index in [0.29, 0.717) is 5.92 Å². The fourth-order valence-electron chi connectivity index (χ4n) is 1.85. The van der Waals surface area contributed by atoms with Crippen molar-refractivity contribution in [3.63, 3.8) is 0 Å². The van der Waals surface area contributed by atoms with E-state index in [2.05, 4.69) is 13.8 Å². The van der Waals surface area contributed by atoms with Gasteiger partial charge in [-0.05, 0) is 5.92 Å². The zero-order valence-electron chi connectivity index (χ0n) is 8.66. The van der Waals surface area contributed by atoms with Gasteiger partial charge in [-0.1, -0.05) is 26.7 Å². The zero-order valence-corrected chi connectivity index (χ0v) is 8.66. The van der Waals surface area contributed by atoms with Crippen LogP contribution in [0.4, 0.5) is 0 Å². The molecule has 0 amide bonds. The summed E-state index contributed by atoms with van der Waals surface area (Å²) in [4.78, 5) is 0. The summed E-state index contributed by atoms with van der Waals surface area (Å²) in [6, 6.07) is 0.220. The van der Waals surface area contributed by atoms with Crippen molar-refractivity contribution in [2.24, 2.45) is 11.7 Å². The second-order valence-electron chi connectivity index (χ2n) is 3.65. The van der Waals surface area contributed by atoms with Crippen LogP contribution in [0.5, 0.6) is 0 Å². The molecule has 3 heteroatoms. The summed E-state index contributed by atoms with van der Waals surface area (Å²) >= 11 is 0. The van der Waals surface area contributed by atoms with Crippen LogP contribution in [0.15, 0.2) is 0 Å². The summed E-state index contributed by atoms with van der Waals surface area (Å²) < 4.78 is 10.7. The lowest BCUT2D eigenvalue weighted by atomic mass is 9.92. The van der Waals surface area contributed by atoms with Gasteiger partial charge in [0, 0.05) is 12.5 Å². The predicted octanol–water partition coefficient (Wildman–Crippen LogP) is 1.51. The lowest BCUT2D eigenvalue weighted by Crippen LogP contribution is -2.33. The molecule has 2 N–H and O–H groups in total. The molecule has 1 saturated heterocycles. The molecule has 1 aliphatic rings. The van der Waals surface area contributed by atoms with Crippen molar-refractivity contribution in [3.8, 4) is 0 Å². The Morgan fingerprint density at radius 2 is 1.77 bits per heavy atom. The van der Waals surface area contributed by atoms with Gasteiger partial charge in [0.15, 0.2) is 6.29 Å². The molecule has 0 aromatic carbocycles. The molecule has 1 rings (SSSR count). The van der Waals surface area contributed by atoms with Crippen molar-refractivity contribution in [2.45, 2.75) is 45.4 Å². The smallest absolute Gasteiger partial charge is 0.159 e. The molecule has 1 heterocycles. The van der Waals surface area contributed by atoms with Crippen LogP contribution in [0.1, 0.15) is 33.1 Å². The fourth-order valence-corrected chi connectivity index (χ4v) is 1.85. The van der Waals surface area contributed by atoms with E-state index >= 15 is 0 Å². The maximum absolute atomic E-state index is 6.06. The number of ether oxygens (including phenoxy) is 2. The summed E-state index contributed by atoms with van der Waals surface area (Å²) in [6.45, 7) is 5.81. The van der Waals surface area contributed by atoms with E-state index < -0.39 is 0 Å². The molecule has 0 aromatic heterocycles. The third-order valence-corrected chi connectivity index (χ3v) is 2.81. The lowest BCUT2D eigenvalue weighted by molar-refractivity contribution is -0.0539. The van der Waals surface area contributed by atoms with Crippen molar-refractivity contribution in [1.82, 2.24) is 0 Å². The minimum Gasteiger partial charge on any atom is -0.350 e. The van der Waals surface area contributed by atoms with Gasteiger partial charge in [-0.2, -0.15) is 0 Å². The quantitative estimate of drug-likeness (QED) is 0.709. The molecule has 3 nitrogen and oxygen atoms in total. The van der Waals surface area contributed by atoms with Gasteiger partial charge in [-0.25, -0.2) is 0 Å². The van der Waals surface area contributed by atoms with Gasteiger partial charge in [0.25, 0.3) is 0 Å². The summed E-state index contributed by atoms with van der Waals surface area (Å²) in [5.74, 6) is 0.604. The van der Waals surface area contributed by atoms with Crippen molar-refractivity contribution in [1.29, 1.82) is 0 Å². The zero-order chi connectivity index (χ0) is 9.68. The Labute approximate surface area is 80.6 Å². The minimum absolute atomic E-state index is 0.0457. The average molecular weight is 187 g/mol. The summed E-state index contributed by atoms with van der Waals surface area (Å²) in [5.41, 5.74) is 6.06. The lowest BCUT2D eigenvalue weighted by Gasteiger charge is -2.23. The van der Waals surface area contributed by atoms with Gasteiger partial charge in [0.2, 0.25) is 0 Å². The molecule has 1 fully saturated rings. The Hall–Kier alpha value is -0.120. The molecule has 13 heavy (non-hydrogen) atoms. The molecule has 1 unspecified atom stereocenters. The molecule has 0 radical (unpaired) electrons. The molecule has 0 bridgehead atoms. The van der Waals surface area contributed by atoms with Gasteiger partial charge in [0.1, 0.15) is 0 Å². The second-order valence-corrected chi connectivity index (χ2v) is 3.65. The Balaban J connectivity index is 2.25. The van der Waals surface area contributed by atoms with E-state index in [0.717, 1.165) is 32.5 Å². The minimum atomic E-state index is -0.0457. The average Bonchev–Trinajstić information content (AvgIpc) is 2.59. The molecule has 0 spiro atoms. The summed E-state index contributed by atoms with van der Waals surface area (Å²) in [5, 5.41) is 0. The highest BCUT2D eigenvalue weighted by Crippen LogP contribution is 2.18. The van der Waals surface area contributed by atoms with Crippen LogP contribution in [0.25, 0.3) is 0 Å². The maximum atomic E-state index is 6.06. The van der Waals surface area contributed by atoms with E-state index in [9.17, 15) is 0 Å². The van der Waals surface area contributed by atoms with Crippen LogP contribution in [-0.2, 0) is 9.47 Å². The molecular weight excluding hydrogens is 166 g/mol. The molecule has 0 aromatic rings. The van der Waals surface area contributed by atoms with Crippen LogP contribution in [0.2, 0.25) is 0 Å². The standard InChI is InChI=1S/C10H21NO2/c1-3-8(4-2)9(11)7-10-12-5-6-13-10/h8-10H,3-7,11H2,1-2H3. The van der Waals surface area contributed by atoms with Crippen molar-refractivity contribution in [3.05, 3.63) is 0 Å². The van der Waals surface area contributed by atoms with E-state index in [1.807, 2.05) is 0 Å². The molecule has 1 atom stereocenters. The Bertz CT molecular complexity index is 131. The first-order chi connectivity index (χ1) is 6.27. The maximum Gasteiger partial charge on any atom is 0.159 e. The van der Waals surface area contributed by atoms with Gasteiger partial charge in [-0.15, -0.1) is 0 Å². The van der Waals surface area contributed by atoms with Crippen LogP contribution >= 0.6 is 0 Å². The van der Waals surface area contributed by atoms with E-state index in [1.54, 1.807) is 0 Å². The van der Waals surface area contributed by atoms with Crippen LogP contribution in [-0.4, -0.2) is 25.5 Å². The SMILES string of the molecule is CCC(CC)C(N)CC1OCCO1. The van der Waals surface area contributed by atoms with Gasteiger partial charge in [-0.3, -0.25) is 0 Å². The largest absolute Gasteiger partial charge is 0.350 e. The third kappa shape index (κ3) is 3.25. The molecular formula is C10H21NO2. The van der Waals surface area contributed by atoms with Crippen molar-refractivity contribution >= 4 is 0 Å². The van der Waals surface area contributed by atoms with E-state index in [4.69, 9.17) is 15.2 Å². The molecule has 0 aliphatic carbocycles. The highest BCUT2D eigenvalue weighted by atomic mass is 16.7. The van der Waals surface area contributed by atoms with Crippen molar-refractivity contribution < 1.29 is 9.47 Å². The normalized spacial score (nSPS) is 21.2. The Kier molecular flexibility index (Phi) is 4.70. The number of nitrogens with two attached hydrogens (primary N) is 1. The topological polar surface area (TPSA) is 44.5 Å². The fraction of sp³-hybridized carbons (Fsp3) is 1.00. The number of hydrogen-bond donors (Lipinski definition) is 1. The van der Waals surface area contributed by atoms with Crippen LogP contribution in [0, 0.1) is 5.92 Å². The summed E-state index contributed by atoms with van der Waals surface area (Å²) in [7, 11) is 0. The first-order valence-corrected chi connectivity index (χ1v) is 5.26. The predicted molar refractivity (Wildman–Crippen MR) is 52.4 cm³/mol. The highest BCUT2D eigenvalue weighted by Gasteiger charge is 2.22. The second kappa shape index (κ2) is 5.58. The first-order valence-electron chi connectivity index (χ1n) is 5.26. The Morgan fingerprint density at radius 1 is 1.23 bits per heavy atom. The molecule has 0 saturated carbocycles. The molecule has 78 valence electrons. The first kappa shape index (κ1) is 11.0. The van der Waals surface area contributed by atoms with Crippen LogP contribution < -0.4 is 5.73 Å². The van der Waals surface area contributed by atoms with E-state index in [-0.39, 0.29) is 12.3 Å². The van der Waals surface area contributed by atoms with Gasteiger partial charge in [0.05, 0.1) is 13.2 Å². The van der Waals surface area contributed by atoms with E-state index in [1.165, 1.54) is 0 Å². The van der Waals surface area contributed by atoms with Crippen LogP contribution in [0.3, 0.4) is 0 Å². The van der Waals surface area contributed by atoms with Crippen molar-refractivity contribution in [2.75, 3.05) is 13.2 Å². The Morgan fingerprint density at radius 3 is 2.23 bits per heavy atom. The number of rotatable bonds is 5. The highest BCUT2D eigenvalue weighted by molar-refractivity contribution is 4.73. The summed E-state index contributed by atoms with van der Waals surface area (Å²) in [6.07, 6.45) is 3.08. The third-order valence-electron chi connectivity index (χ3n) is 2.81. The number of hydrogen-bond acceptors (Lipinski definition) is 3. The van der Waals surface area contributed by atoms with Gasteiger partial charge >= 0.3 is 0 Å².